The average Bonchev–Trinajstić information content (AvgIpc) is 1.88. The Morgan fingerprint density at radius 3 is 0.909 bits per heavy atom. The number of hydrogen-bond acceptors (Lipinski definition) is 2. The van der Waals surface area contributed by atoms with E-state index in [4.69, 9.17) is 10.2 Å². The molecule has 0 aromatic rings. The van der Waals surface area contributed by atoms with Gasteiger partial charge in [-0.15, -0.1) is 0 Å². The van der Waals surface area contributed by atoms with Crippen molar-refractivity contribution < 1.29 is 45.5 Å². The van der Waals surface area contributed by atoms with Crippen LogP contribution >= 0.6 is 0 Å². The standard InChI is InChI=1S/2C3H8O.2FH.Hf/c2*1-2-3-4;;;/h2*4H,2-3H2,1H3;2*1H;. The van der Waals surface area contributed by atoms with Gasteiger partial charge in [-0.2, -0.15) is 0 Å². The zero-order valence-corrected chi connectivity index (χ0v) is 10.6. The monoisotopic (exact) mass is 340 g/mol. The van der Waals surface area contributed by atoms with Gasteiger partial charge in [0.1, 0.15) is 0 Å². The first-order valence-electron chi connectivity index (χ1n) is 3.05. The fraction of sp³-hybridized carbons (Fsp3) is 1.00. The maximum Gasteiger partial charge on any atom is 0.0428 e. The van der Waals surface area contributed by atoms with Crippen LogP contribution in [0.25, 0.3) is 0 Å². The Bertz CT molecular complexity index is 26.5. The van der Waals surface area contributed by atoms with Gasteiger partial charge in [0.25, 0.3) is 0 Å². The van der Waals surface area contributed by atoms with E-state index in [2.05, 4.69) is 0 Å². The Balaban J connectivity index is -0.0000000171. The fourth-order valence-electron chi connectivity index (χ4n) is 0. The van der Waals surface area contributed by atoms with E-state index in [9.17, 15) is 0 Å². The van der Waals surface area contributed by atoms with Gasteiger partial charge in [-0.3, -0.25) is 9.41 Å². The van der Waals surface area contributed by atoms with Crippen molar-refractivity contribution in [1.29, 1.82) is 0 Å². The molecule has 5 heteroatoms. The van der Waals surface area contributed by atoms with E-state index in [1.807, 2.05) is 13.8 Å². The van der Waals surface area contributed by atoms with Crippen molar-refractivity contribution in [3.05, 3.63) is 0 Å². The Hall–Kier alpha value is 0.650. The number of aliphatic hydroxyl groups excluding tert-OH is 2. The average molecular weight is 339 g/mol. The number of aliphatic hydroxyl groups is 2. The number of hydrogen-bond donors (Lipinski definition) is 2. The summed E-state index contributed by atoms with van der Waals surface area (Å²) in [6.07, 6.45) is 1.75. The normalized spacial score (nSPS) is 5.45. The number of halogens is 2. The number of rotatable bonds is 2. The summed E-state index contributed by atoms with van der Waals surface area (Å²) in [5.74, 6) is 0. The van der Waals surface area contributed by atoms with Gasteiger partial charge in [0, 0.05) is 39.1 Å². The van der Waals surface area contributed by atoms with E-state index in [0.717, 1.165) is 12.8 Å². The van der Waals surface area contributed by atoms with Crippen molar-refractivity contribution >= 4 is 0 Å². The van der Waals surface area contributed by atoms with E-state index in [0.29, 0.717) is 13.2 Å². The summed E-state index contributed by atoms with van der Waals surface area (Å²) in [6, 6.07) is 0. The third-order valence-corrected chi connectivity index (χ3v) is 0.447. The second-order valence-corrected chi connectivity index (χ2v) is 1.45. The van der Waals surface area contributed by atoms with Crippen molar-refractivity contribution in [3.8, 4) is 0 Å². The van der Waals surface area contributed by atoms with Crippen LogP contribution in [0.15, 0.2) is 0 Å². The first kappa shape index (κ1) is 29.9. The minimum absolute atomic E-state index is 0. The van der Waals surface area contributed by atoms with Crippen LogP contribution in [0, 0.1) is 0 Å². The second kappa shape index (κ2) is 45.9. The topological polar surface area (TPSA) is 40.5 Å². The van der Waals surface area contributed by atoms with Crippen LogP contribution < -0.4 is 0 Å². The zero-order valence-electron chi connectivity index (χ0n) is 7.04. The van der Waals surface area contributed by atoms with E-state index in [1.54, 1.807) is 0 Å². The third kappa shape index (κ3) is 113. The van der Waals surface area contributed by atoms with E-state index >= 15 is 0 Å². The minimum Gasteiger partial charge on any atom is -0.396 e. The van der Waals surface area contributed by atoms with Crippen LogP contribution in [0.3, 0.4) is 0 Å². The molecule has 0 aromatic heterocycles. The van der Waals surface area contributed by atoms with E-state index < -0.39 is 0 Å². The molecular weight excluding hydrogens is 321 g/mol. The van der Waals surface area contributed by atoms with Crippen LogP contribution in [0.4, 0.5) is 9.41 Å². The van der Waals surface area contributed by atoms with Gasteiger partial charge >= 0.3 is 0 Å². The Morgan fingerprint density at radius 2 is 0.909 bits per heavy atom. The van der Waals surface area contributed by atoms with Crippen LogP contribution in [0.5, 0.6) is 0 Å². The molecule has 0 unspecified atom stereocenters. The molecule has 0 aliphatic heterocycles. The van der Waals surface area contributed by atoms with Crippen LogP contribution in [-0.2, 0) is 25.8 Å². The smallest absolute Gasteiger partial charge is 0.0428 e. The van der Waals surface area contributed by atoms with Gasteiger partial charge in [-0.05, 0) is 12.8 Å². The molecule has 0 fully saturated rings. The molecule has 0 atom stereocenters. The predicted octanol–water partition coefficient (Wildman–Crippen LogP) is 1.08. The summed E-state index contributed by atoms with van der Waals surface area (Å²) in [4.78, 5) is 0. The summed E-state index contributed by atoms with van der Waals surface area (Å²) in [5, 5.41) is 15.8. The van der Waals surface area contributed by atoms with Crippen LogP contribution in [0.2, 0.25) is 0 Å². The van der Waals surface area contributed by atoms with Gasteiger partial charge < -0.3 is 10.2 Å². The summed E-state index contributed by atoms with van der Waals surface area (Å²) in [6.45, 7) is 4.50. The molecule has 0 spiro atoms. The first-order chi connectivity index (χ1) is 3.83. The molecular formula is C6H18F2HfO2. The van der Waals surface area contributed by atoms with Gasteiger partial charge in [0.05, 0.1) is 0 Å². The Morgan fingerprint density at radius 1 is 0.818 bits per heavy atom. The Labute approximate surface area is 85.5 Å². The minimum atomic E-state index is 0. The van der Waals surface area contributed by atoms with Crippen LogP contribution in [-0.4, -0.2) is 23.4 Å². The van der Waals surface area contributed by atoms with Gasteiger partial charge in [-0.25, -0.2) is 0 Å². The summed E-state index contributed by atoms with van der Waals surface area (Å²) >= 11 is 0. The molecule has 0 aromatic carbocycles. The molecule has 2 nitrogen and oxygen atoms in total. The molecule has 0 aliphatic rings. The summed E-state index contributed by atoms with van der Waals surface area (Å²) < 4.78 is 0. The third-order valence-electron chi connectivity index (χ3n) is 0.447. The predicted molar refractivity (Wildman–Crippen MR) is 39.8 cm³/mol. The van der Waals surface area contributed by atoms with Gasteiger partial charge in [0.2, 0.25) is 0 Å². The molecule has 0 rings (SSSR count). The largest absolute Gasteiger partial charge is 0.396 e. The van der Waals surface area contributed by atoms with Crippen molar-refractivity contribution in [1.82, 2.24) is 0 Å². The van der Waals surface area contributed by atoms with Crippen LogP contribution in [0.1, 0.15) is 26.7 Å². The SMILES string of the molecule is CCCO.CCCO.F.F.[Hf]. The second-order valence-electron chi connectivity index (χ2n) is 1.45. The van der Waals surface area contributed by atoms with Crippen molar-refractivity contribution in [2.45, 2.75) is 26.7 Å². The maximum absolute atomic E-state index is 7.88. The van der Waals surface area contributed by atoms with Crippen molar-refractivity contribution in [3.63, 3.8) is 0 Å². The molecule has 0 heterocycles. The molecule has 11 heavy (non-hydrogen) atoms. The van der Waals surface area contributed by atoms with Crippen molar-refractivity contribution in [2.24, 2.45) is 0 Å². The first-order valence-corrected chi connectivity index (χ1v) is 3.05. The summed E-state index contributed by atoms with van der Waals surface area (Å²) in [7, 11) is 0. The van der Waals surface area contributed by atoms with E-state index in [1.165, 1.54) is 0 Å². The van der Waals surface area contributed by atoms with E-state index in [-0.39, 0.29) is 35.3 Å². The zero-order chi connectivity index (χ0) is 6.83. The molecule has 2 N–H and O–H groups in total. The molecule has 0 saturated heterocycles. The maximum atomic E-state index is 7.88. The van der Waals surface area contributed by atoms with Crippen molar-refractivity contribution in [2.75, 3.05) is 13.2 Å². The molecule has 0 saturated carbocycles. The quantitative estimate of drug-likeness (QED) is 0.740. The Kier molecular flexibility index (Phi) is 125. The fourth-order valence-corrected chi connectivity index (χ4v) is 0. The van der Waals surface area contributed by atoms with Gasteiger partial charge in [-0.1, -0.05) is 13.8 Å². The molecule has 72 valence electrons. The molecule has 0 amide bonds. The summed E-state index contributed by atoms with van der Waals surface area (Å²) in [5.41, 5.74) is 0. The molecule has 0 aliphatic carbocycles. The van der Waals surface area contributed by atoms with Gasteiger partial charge in [0.15, 0.2) is 0 Å². The molecule has 0 bridgehead atoms. The molecule has 0 radical (unpaired) electrons.